The van der Waals surface area contributed by atoms with Gasteiger partial charge in [0.25, 0.3) is 0 Å². The molecule has 0 radical (unpaired) electrons. The maximum Gasteiger partial charge on any atom is 0.356 e. The number of benzene rings is 1. The van der Waals surface area contributed by atoms with Crippen molar-refractivity contribution in [2.75, 3.05) is 0 Å². The van der Waals surface area contributed by atoms with E-state index in [1.165, 1.54) is 29.1 Å². The molecule has 0 saturated heterocycles. The van der Waals surface area contributed by atoms with Crippen LogP contribution in [0.5, 0.6) is 0 Å². The molecule has 1 heterocycles. The molecule has 0 aliphatic heterocycles. The average molecular weight is 245 g/mol. The fourth-order valence-electron chi connectivity index (χ4n) is 1.48. The normalized spacial score (nSPS) is 10.0. The van der Waals surface area contributed by atoms with Crippen LogP contribution >= 0.6 is 0 Å². The van der Waals surface area contributed by atoms with E-state index in [2.05, 4.69) is 5.10 Å². The molecular formula is C12H8FN3O2. The van der Waals surface area contributed by atoms with Gasteiger partial charge >= 0.3 is 5.97 Å². The lowest BCUT2D eigenvalue weighted by atomic mass is 10.1. The van der Waals surface area contributed by atoms with Gasteiger partial charge in [0.1, 0.15) is 5.82 Å². The Balaban J connectivity index is 2.23. The number of halogens is 1. The molecule has 2 rings (SSSR count). The molecule has 1 aromatic carbocycles. The van der Waals surface area contributed by atoms with Crippen molar-refractivity contribution < 1.29 is 14.3 Å². The molecular weight excluding hydrogens is 237 g/mol. The molecule has 0 unspecified atom stereocenters. The quantitative estimate of drug-likeness (QED) is 0.891. The van der Waals surface area contributed by atoms with Crippen molar-refractivity contribution in [3.05, 3.63) is 53.1 Å². The number of carbonyl (C=O) groups is 1. The summed E-state index contributed by atoms with van der Waals surface area (Å²) in [7, 11) is 0. The minimum atomic E-state index is -1.13. The predicted octanol–water partition coefficient (Wildman–Crippen LogP) is 1.64. The van der Waals surface area contributed by atoms with Gasteiger partial charge in [-0.25, -0.2) is 9.18 Å². The fourth-order valence-corrected chi connectivity index (χ4v) is 1.48. The number of aromatic nitrogens is 2. The summed E-state index contributed by atoms with van der Waals surface area (Å²) in [6.07, 6.45) is 1.46. The van der Waals surface area contributed by atoms with Crippen LogP contribution in [0.25, 0.3) is 0 Å². The van der Waals surface area contributed by atoms with E-state index in [1.54, 1.807) is 0 Å². The van der Waals surface area contributed by atoms with E-state index in [0.717, 1.165) is 6.07 Å². The zero-order valence-corrected chi connectivity index (χ0v) is 9.17. The molecule has 1 N–H and O–H groups in total. The summed E-state index contributed by atoms with van der Waals surface area (Å²) in [5, 5.41) is 21.1. The molecule has 0 aliphatic rings. The minimum absolute atomic E-state index is 0.0935. The van der Waals surface area contributed by atoms with Gasteiger partial charge in [-0.2, -0.15) is 10.4 Å². The molecule has 2 aromatic rings. The first-order valence-corrected chi connectivity index (χ1v) is 5.05. The number of rotatable bonds is 3. The van der Waals surface area contributed by atoms with Gasteiger partial charge in [0.2, 0.25) is 0 Å². The summed E-state index contributed by atoms with van der Waals surface area (Å²) in [6.45, 7) is 0.116. The first-order valence-electron chi connectivity index (χ1n) is 5.05. The standard InChI is InChI=1S/C12H8FN3O2/c13-10-5-8(6-14)1-2-9(10)7-16-4-3-11(15-16)12(17)18/h1-5H,7H2,(H,17,18). The first-order chi connectivity index (χ1) is 8.60. The first kappa shape index (κ1) is 11.8. The van der Waals surface area contributed by atoms with E-state index in [1.807, 2.05) is 6.07 Å². The summed E-state index contributed by atoms with van der Waals surface area (Å²) in [4.78, 5) is 10.6. The van der Waals surface area contributed by atoms with E-state index in [4.69, 9.17) is 10.4 Å². The molecule has 0 fully saturated rings. The van der Waals surface area contributed by atoms with Crippen molar-refractivity contribution in [2.24, 2.45) is 0 Å². The molecule has 0 amide bonds. The maximum absolute atomic E-state index is 13.6. The summed E-state index contributed by atoms with van der Waals surface area (Å²) in [6, 6.07) is 7.29. The van der Waals surface area contributed by atoms with E-state index >= 15 is 0 Å². The van der Waals surface area contributed by atoms with Gasteiger partial charge in [0.15, 0.2) is 5.69 Å². The zero-order chi connectivity index (χ0) is 13.1. The van der Waals surface area contributed by atoms with Gasteiger partial charge in [-0.3, -0.25) is 4.68 Å². The van der Waals surface area contributed by atoms with Gasteiger partial charge in [-0.1, -0.05) is 6.07 Å². The number of nitriles is 1. The highest BCUT2D eigenvalue weighted by atomic mass is 19.1. The molecule has 0 bridgehead atoms. The second-order valence-corrected chi connectivity index (χ2v) is 3.62. The lowest BCUT2D eigenvalue weighted by molar-refractivity contribution is 0.0689. The number of aromatic carboxylic acids is 1. The summed E-state index contributed by atoms with van der Waals surface area (Å²) in [5.41, 5.74) is 0.487. The van der Waals surface area contributed by atoms with Crippen LogP contribution in [0.15, 0.2) is 30.5 Å². The molecule has 0 spiro atoms. The fraction of sp³-hybridized carbons (Fsp3) is 0.0833. The third-order valence-corrected chi connectivity index (χ3v) is 2.37. The molecule has 1 aromatic heterocycles. The largest absolute Gasteiger partial charge is 0.476 e. The summed E-state index contributed by atoms with van der Waals surface area (Å²) in [5.74, 6) is -1.64. The molecule has 0 saturated carbocycles. The van der Waals surface area contributed by atoms with Crippen LogP contribution in [0, 0.1) is 17.1 Å². The van der Waals surface area contributed by atoms with Crippen LogP contribution in [0.4, 0.5) is 4.39 Å². The van der Waals surface area contributed by atoms with E-state index in [0.29, 0.717) is 5.56 Å². The Hall–Kier alpha value is -2.68. The second-order valence-electron chi connectivity index (χ2n) is 3.62. The van der Waals surface area contributed by atoms with E-state index in [-0.39, 0.29) is 17.8 Å². The topological polar surface area (TPSA) is 78.9 Å². The molecule has 0 aliphatic carbocycles. The van der Waals surface area contributed by atoms with Crippen molar-refractivity contribution in [1.29, 1.82) is 5.26 Å². The van der Waals surface area contributed by atoms with Gasteiger partial charge in [0, 0.05) is 11.8 Å². The molecule has 90 valence electrons. The van der Waals surface area contributed by atoms with Crippen molar-refractivity contribution in [1.82, 2.24) is 9.78 Å². The van der Waals surface area contributed by atoms with Crippen LogP contribution < -0.4 is 0 Å². The number of carboxylic acid groups (broad SMARTS) is 1. The monoisotopic (exact) mass is 245 g/mol. The van der Waals surface area contributed by atoms with Gasteiger partial charge in [0.05, 0.1) is 18.2 Å². The Morgan fingerprint density at radius 3 is 2.83 bits per heavy atom. The Morgan fingerprint density at radius 2 is 2.28 bits per heavy atom. The highest BCUT2D eigenvalue weighted by Crippen LogP contribution is 2.11. The van der Waals surface area contributed by atoms with Crippen molar-refractivity contribution in [2.45, 2.75) is 6.54 Å². The number of nitrogens with zero attached hydrogens (tertiary/aromatic N) is 3. The van der Waals surface area contributed by atoms with Gasteiger partial charge < -0.3 is 5.11 Å². The highest BCUT2D eigenvalue weighted by Gasteiger charge is 2.09. The predicted molar refractivity (Wildman–Crippen MR) is 59.4 cm³/mol. The lowest BCUT2D eigenvalue weighted by Gasteiger charge is -2.03. The van der Waals surface area contributed by atoms with Gasteiger partial charge in [-0.15, -0.1) is 0 Å². The average Bonchev–Trinajstić information content (AvgIpc) is 2.80. The van der Waals surface area contributed by atoms with Crippen LogP contribution in [0.2, 0.25) is 0 Å². The number of hydrogen-bond donors (Lipinski definition) is 1. The molecule has 0 atom stereocenters. The van der Waals surface area contributed by atoms with Crippen LogP contribution in [0.1, 0.15) is 21.6 Å². The van der Waals surface area contributed by atoms with Gasteiger partial charge in [-0.05, 0) is 18.2 Å². The van der Waals surface area contributed by atoms with Crippen LogP contribution in [-0.4, -0.2) is 20.9 Å². The Labute approximate surface area is 102 Å². The van der Waals surface area contributed by atoms with Crippen molar-refractivity contribution in [3.63, 3.8) is 0 Å². The van der Waals surface area contributed by atoms with Crippen LogP contribution in [-0.2, 0) is 6.54 Å². The van der Waals surface area contributed by atoms with Crippen LogP contribution in [0.3, 0.4) is 0 Å². The third kappa shape index (κ3) is 2.35. The van der Waals surface area contributed by atoms with E-state index in [9.17, 15) is 9.18 Å². The Kier molecular flexibility index (Phi) is 3.06. The molecule has 6 heteroatoms. The highest BCUT2D eigenvalue weighted by molar-refractivity contribution is 5.85. The third-order valence-electron chi connectivity index (χ3n) is 2.37. The number of carboxylic acids is 1. The SMILES string of the molecule is N#Cc1ccc(Cn2ccc(C(=O)O)n2)c(F)c1. The van der Waals surface area contributed by atoms with E-state index < -0.39 is 11.8 Å². The molecule has 18 heavy (non-hydrogen) atoms. The molecule has 5 nitrogen and oxygen atoms in total. The smallest absolute Gasteiger partial charge is 0.356 e. The second kappa shape index (κ2) is 4.67. The zero-order valence-electron chi connectivity index (χ0n) is 9.17. The summed E-state index contributed by atoms with van der Waals surface area (Å²) < 4.78 is 14.9. The summed E-state index contributed by atoms with van der Waals surface area (Å²) >= 11 is 0. The van der Waals surface area contributed by atoms with Crippen molar-refractivity contribution in [3.8, 4) is 6.07 Å². The van der Waals surface area contributed by atoms with Crippen molar-refractivity contribution >= 4 is 5.97 Å². The number of hydrogen-bond acceptors (Lipinski definition) is 3. The Morgan fingerprint density at radius 1 is 1.50 bits per heavy atom. The minimum Gasteiger partial charge on any atom is -0.476 e. The Bertz CT molecular complexity index is 643. The lowest BCUT2D eigenvalue weighted by Crippen LogP contribution is -2.05. The maximum atomic E-state index is 13.6.